The predicted octanol–water partition coefficient (Wildman–Crippen LogP) is 2.24. The third-order valence-corrected chi connectivity index (χ3v) is 3.17. The van der Waals surface area contributed by atoms with Crippen molar-refractivity contribution in [3.63, 3.8) is 0 Å². The molecule has 18 heavy (non-hydrogen) atoms. The van der Waals surface area contributed by atoms with E-state index in [0.717, 1.165) is 29.9 Å². The van der Waals surface area contributed by atoms with Crippen LogP contribution in [0.5, 0.6) is 0 Å². The Balaban J connectivity index is 2.23. The lowest BCUT2D eigenvalue weighted by molar-refractivity contribution is 0.616. The van der Waals surface area contributed by atoms with Crippen molar-refractivity contribution in [2.24, 2.45) is 0 Å². The fourth-order valence-corrected chi connectivity index (χ4v) is 2.34. The molecule has 2 aromatic rings. The highest BCUT2D eigenvalue weighted by Gasteiger charge is 2.19. The summed E-state index contributed by atoms with van der Waals surface area (Å²) in [7, 11) is 0. The van der Waals surface area contributed by atoms with Gasteiger partial charge < -0.3 is 5.32 Å². The Morgan fingerprint density at radius 3 is 2.89 bits per heavy atom. The van der Waals surface area contributed by atoms with Gasteiger partial charge in [0.15, 0.2) is 0 Å². The second kappa shape index (κ2) is 4.46. The minimum atomic E-state index is -0.233. The van der Waals surface area contributed by atoms with Crippen LogP contribution in [-0.4, -0.2) is 16.5 Å². The number of halogens is 1. The van der Waals surface area contributed by atoms with Crippen molar-refractivity contribution in [3.05, 3.63) is 47.2 Å². The van der Waals surface area contributed by atoms with E-state index in [0.29, 0.717) is 17.9 Å². The van der Waals surface area contributed by atoms with Gasteiger partial charge in [-0.05, 0) is 19.1 Å². The number of aryl methyl sites for hydroxylation is 1. The van der Waals surface area contributed by atoms with Crippen LogP contribution in [0.1, 0.15) is 17.1 Å². The van der Waals surface area contributed by atoms with Gasteiger partial charge in [0.2, 0.25) is 0 Å². The summed E-state index contributed by atoms with van der Waals surface area (Å²) in [6.45, 7) is 3.48. The standard InChI is InChI=1S/C14H14FN3/c1-9-17-13-6-7-16-8-11(13)14(18-9)10-4-2-3-5-12(10)15/h2-5,16H,6-8H2,1H3. The lowest BCUT2D eigenvalue weighted by atomic mass is 10.00. The van der Waals surface area contributed by atoms with E-state index in [1.165, 1.54) is 6.07 Å². The number of hydrogen-bond donors (Lipinski definition) is 1. The van der Waals surface area contributed by atoms with Crippen molar-refractivity contribution in [1.29, 1.82) is 0 Å². The Hall–Kier alpha value is -1.81. The van der Waals surface area contributed by atoms with Gasteiger partial charge in [-0.2, -0.15) is 0 Å². The van der Waals surface area contributed by atoms with Crippen LogP contribution in [0.4, 0.5) is 4.39 Å². The van der Waals surface area contributed by atoms with Gasteiger partial charge in [0, 0.05) is 30.6 Å². The molecule has 1 aromatic heterocycles. The van der Waals surface area contributed by atoms with Crippen molar-refractivity contribution in [3.8, 4) is 11.3 Å². The molecular weight excluding hydrogens is 229 g/mol. The molecule has 1 aliphatic heterocycles. The maximum atomic E-state index is 13.9. The molecular formula is C14H14FN3. The fraction of sp³-hybridized carbons (Fsp3) is 0.286. The van der Waals surface area contributed by atoms with Gasteiger partial charge in [0.25, 0.3) is 0 Å². The molecule has 1 N–H and O–H groups in total. The van der Waals surface area contributed by atoms with E-state index in [4.69, 9.17) is 0 Å². The third kappa shape index (κ3) is 1.88. The second-order valence-corrected chi connectivity index (χ2v) is 4.45. The van der Waals surface area contributed by atoms with Crippen LogP contribution in [0.3, 0.4) is 0 Å². The highest BCUT2D eigenvalue weighted by molar-refractivity contribution is 5.65. The number of hydrogen-bond acceptors (Lipinski definition) is 3. The van der Waals surface area contributed by atoms with E-state index in [1.54, 1.807) is 12.1 Å². The zero-order valence-electron chi connectivity index (χ0n) is 10.2. The van der Waals surface area contributed by atoms with Gasteiger partial charge in [-0.1, -0.05) is 12.1 Å². The molecule has 0 amide bonds. The molecule has 1 aliphatic rings. The molecule has 0 bridgehead atoms. The second-order valence-electron chi connectivity index (χ2n) is 4.45. The van der Waals surface area contributed by atoms with Gasteiger partial charge in [0.05, 0.1) is 11.4 Å². The van der Waals surface area contributed by atoms with E-state index in [9.17, 15) is 4.39 Å². The molecule has 3 nitrogen and oxygen atoms in total. The molecule has 0 unspecified atom stereocenters. The Kier molecular flexibility index (Phi) is 2.80. The van der Waals surface area contributed by atoms with E-state index < -0.39 is 0 Å². The SMILES string of the molecule is Cc1nc2c(c(-c3ccccc3F)n1)CNCC2. The van der Waals surface area contributed by atoms with E-state index in [2.05, 4.69) is 15.3 Å². The zero-order valence-corrected chi connectivity index (χ0v) is 10.2. The largest absolute Gasteiger partial charge is 0.312 e. The van der Waals surface area contributed by atoms with Gasteiger partial charge in [-0.15, -0.1) is 0 Å². The molecule has 4 heteroatoms. The molecule has 0 atom stereocenters. The normalized spacial score (nSPS) is 14.3. The molecule has 2 heterocycles. The molecule has 92 valence electrons. The highest BCUT2D eigenvalue weighted by Crippen LogP contribution is 2.27. The number of nitrogens with zero attached hydrogens (tertiary/aromatic N) is 2. The van der Waals surface area contributed by atoms with Gasteiger partial charge in [-0.3, -0.25) is 0 Å². The third-order valence-electron chi connectivity index (χ3n) is 3.17. The quantitative estimate of drug-likeness (QED) is 0.834. The number of nitrogens with one attached hydrogen (secondary N) is 1. The van der Waals surface area contributed by atoms with Crippen molar-refractivity contribution >= 4 is 0 Å². The van der Waals surface area contributed by atoms with E-state index >= 15 is 0 Å². The topological polar surface area (TPSA) is 37.8 Å². The molecule has 0 fully saturated rings. The van der Waals surface area contributed by atoms with E-state index in [1.807, 2.05) is 13.0 Å². The smallest absolute Gasteiger partial charge is 0.132 e. The van der Waals surface area contributed by atoms with Crippen LogP contribution >= 0.6 is 0 Å². The maximum Gasteiger partial charge on any atom is 0.132 e. The first kappa shape index (κ1) is 11.3. The molecule has 0 spiro atoms. The van der Waals surface area contributed by atoms with Crippen LogP contribution in [0.25, 0.3) is 11.3 Å². The summed E-state index contributed by atoms with van der Waals surface area (Å²) in [5, 5.41) is 3.29. The van der Waals surface area contributed by atoms with E-state index in [-0.39, 0.29) is 5.82 Å². The van der Waals surface area contributed by atoms with Gasteiger partial charge in [-0.25, -0.2) is 14.4 Å². The molecule has 3 rings (SSSR count). The number of rotatable bonds is 1. The predicted molar refractivity (Wildman–Crippen MR) is 67.6 cm³/mol. The zero-order chi connectivity index (χ0) is 12.5. The Bertz CT molecular complexity index is 596. The van der Waals surface area contributed by atoms with Crippen LogP contribution in [0, 0.1) is 12.7 Å². The van der Waals surface area contributed by atoms with Crippen LogP contribution in [-0.2, 0) is 13.0 Å². The lowest BCUT2D eigenvalue weighted by Crippen LogP contribution is -2.26. The average molecular weight is 243 g/mol. The molecule has 0 saturated carbocycles. The van der Waals surface area contributed by atoms with Gasteiger partial charge >= 0.3 is 0 Å². The number of benzene rings is 1. The first-order valence-corrected chi connectivity index (χ1v) is 6.07. The molecule has 0 radical (unpaired) electrons. The van der Waals surface area contributed by atoms with Crippen LogP contribution < -0.4 is 5.32 Å². The summed E-state index contributed by atoms with van der Waals surface area (Å²) in [6, 6.07) is 6.76. The first-order valence-electron chi connectivity index (χ1n) is 6.07. The summed E-state index contributed by atoms with van der Waals surface area (Å²) in [6.07, 6.45) is 0.875. The molecule has 1 aromatic carbocycles. The lowest BCUT2D eigenvalue weighted by Gasteiger charge is -2.19. The average Bonchev–Trinajstić information content (AvgIpc) is 2.38. The van der Waals surface area contributed by atoms with Gasteiger partial charge in [0.1, 0.15) is 11.6 Å². The fourth-order valence-electron chi connectivity index (χ4n) is 2.34. The summed E-state index contributed by atoms with van der Waals surface area (Å²) < 4.78 is 13.9. The Morgan fingerprint density at radius 2 is 2.06 bits per heavy atom. The Labute approximate surface area is 105 Å². The van der Waals surface area contributed by atoms with Crippen molar-refractivity contribution in [1.82, 2.24) is 15.3 Å². The Morgan fingerprint density at radius 1 is 1.22 bits per heavy atom. The summed E-state index contributed by atoms with van der Waals surface area (Å²) in [5.74, 6) is 0.470. The van der Waals surface area contributed by atoms with Crippen LogP contribution in [0.15, 0.2) is 24.3 Å². The molecule has 0 aliphatic carbocycles. The van der Waals surface area contributed by atoms with Crippen molar-refractivity contribution in [2.75, 3.05) is 6.54 Å². The molecule has 0 saturated heterocycles. The monoisotopic (exact) mass is 243 g/mol. The summed E-state index contributed by atoms with van der Waals surface area (Å²) >= 11 is 0. The van der Waals surface area contributed by atoms with Crippen LogP contribution in [0.2, 0.25) is 0 Å². The first-order chi connectivity index (χ1) is 8.75. The maximum absolute atomic E-state index is 13.9. The van der Waals surface area contributed by atoms with Crippen molar-refractivity contribution < 1.29 is 4.39 Å². The minimum absolute atomic E-state index is 0.233. The number of aromatic nitrogens is 2. The highest BCUT2D eigenvalue weighted by atomic mass is 19.1. The number of fused-ring (bicyclic) bond motifs is 1. The van der Waals surface area contributed by atoms with Crippen molar-refractivity contribution in [2.45, 2.75) is 19.9 Å². The summed E-state index contributed by atoms with van der Waals surface area (Å²) in [4.78, 5) is 8.88. The minimum Gasteiger partial charge on any atom is -0.312 e. The summed E-state index contributed by atoms with van der Waals surface area (Å²) in [5.41, 5.74) is 3.35.